The number of rotatable bonds is 10. The topological polar surface area (TPSA) is 209 Å². The van der Waals surface area contributed by atoms with Crippen molar-refractivity contribution in [2.24, 2.45) is 12.2 Å². The predicted octanol–water partition coefficient (Wildman–Crippen LogP) is 0.294. The first-order chi connectivity index (χ1) is 18.5. The number of phenols is 1. The molecule has 2 aliphatic heterocycles. The minimum atomic E-state index is -1.40. The third kappa shape index (κ3) is 5.79. The number of carbonyl (C=O) groups is 4. The van der Waals surface area contributed by atoms with E-state index >= 15 is 0 Å². The molecule has 15 nitrogen and oxygen atoms in total. The number of halogens is 1. The number of thioether (sulfide) groups is 2. The van der Waals surface area contributed by atoms with Crippen molar-refractivity contribution in [2.75, 3.05) is 11.5 Å². The zero-order chi connectivity index (χ0) is 28.4. The molecule has 0 radical (unpaired) electrons. The summed E-state index contributed by atoms with van der Waals surface area (Å²) in [4.78, 5) is 55.5. The van der Waals surface area contributed by atoms with Crippen LogP contribution >= 0.6 is 35.1 Å². The summed E-state index contributed by atoms with van der Waals surface area (Å²) in [6.07, 6.45) is -1.40. The van der Waals surface area contributed by atoms with Crippen LogP contribution in [0.5, 0.6) is 5.75 Å². The van der Waals surface area contributed by atoms with Gasteiger partial charge >= 0.3 is 11.9 Å². The van der Waals surface area contributed by atoms with Crippen molar-refractivity contribution in [3.63, 3.8) is 0 Å². The molecule has 0 aliphatic carbocycles. The van der Waals surface area contributed by atoms with Crippen molar-refractivity contribution in [3.05, 3.63) is 40.1 Å². The summed E-state index contributed by atoms with van der Waals surface area (Å²) in [5.74, 6) is -3.93. The van der Waals surface area contributed by atoms with E-state index in [1.54, 1.807) is 7.05 Å². The molecule has 39 heavy (non-hydrogen) atoms. The van der Waals surface area contributed by atoms with E-state index in [-0.39, 0.29) is 33.5 Å². The van der Waals surface area contributed by atoms with Crippen LogP contribution in [-0.2, 0) is 31.1 Å². The van der Waals surface area contributed by atoms with E-state index in [2.05, 4.69) is 26.0 Å². The van der Waals surface area contributed by atoms with Gasteiger partial charge in [0.25, 0.3) is 11.8 Å². The standard InChI is InChI=1S/C21H20ClN7O8S2/c1-8(19(33)34)37-25-13(9-3-4-12(30)11(22)5-9)16(31)23-14-17(32)29-15(20(35)36)10(6-38-18(14)29)7-39-21-24-26-27-28(21)2/h3-5,8,14,18,30H,6-7H2,1-2H3,(H,23,31)(H,33,34)(H,35,36)/t8?,14?,18-/m0/s1. The van der Waals surface area contributed by atoms with Crippen LogP contribution in [0, 0.1) is 0 Å². The zero-order valence-electron chi connectivity index (χ0n) is 20.1. The molecule has 1 aromatic heterocycles. The van der Waals surface area contributed by atoms with Crippen LogP contribution < -0.4 is 5.32 Å². The van der Waals surface area contributed by atoms with Gasteiger partial charge in [0.2, 0.25) is 11.3 Å². The highest BCUT2D eigenvalue weighted by atomic mass is 35.5. The number of β-lactam (4-membered cyclic amide) rings is 1. The molecule has 2 aliphatic rings. The van der Waals surface area contributed by atoms with Gasteiger partial charge in [0.05, 0.1) is 5.02 Å². The fraction of sp³-hybridized carbons (Fsp3) is 0.333. The highest BCUT2D eigenvalue weighted by molar-refractivity contribution is 8.01. The number of hydrogen-bond donors (Lipinski definition) is 4. The molecule has 1 fully saturated rings. The Morgan fingerprint density at radius 3 is 2.72 bits per heavy atom. The lowest BCUT2D eigenvalue weighted by molar-refractivity contribution is -0.150. The Labute approximate surface area is 233 Å². The maximum Gasteiger partial charge on any atom is 0.352 e. The number of nitrogens with zero attached hydrogens (tertiary/aromatic N) is 6. The molecule has 1 saturated heterocycles. The third-order valence-electron chi connectivity index (χ3n) is 5.58. The average Bonchev–Trinajstić information content (AvgIpc) is 3.31. The molecule has 4 N–H and O–H groups in total. The molecule has 0 spiro atoms. The van der Waals surface area contributed by atoms with Gasteiger partial charge in [-0.05, 0) is 41.1 Å². The molecule has 0 bridgehead atoms. The van der Waals surface area contributed by atoms with Gasteiger partial charge in [-0.15, -0.1) is 16.9 Å². The number of oxime groups is 1. The lowest BCUT2D eigenvalue weighted by atomic mass is 10.0. The number of aromatic nitrogens is 4. The lowest BCUT2D eigenvalue weighted by Gasteiger charge is -2.49. The van der Waals surface area contributed by atoms with Gasteiger partial charge in [-0.1, -0.05) is 28.5 Å². The second kappa shape index (κ2) is 11.5. The van der Waals surface area contributed by atoms with E-state index in [4.69, 9.17) is 21.5 Å². The zero-order valence-corrected chi connectivity index (χ0v) is 22.5. The van der Waals surface area contributed by atoms with E-state index in [9.17, 15) is 29.4 Å². The van der Waals surface area contributed by atoms with Crippen LogP contribution in [0.15, 0.2) is 39.8 Å². The molecule has 18 heteroatoms. The monoisotopic (exact) mass is 597 g/mol. The summed E-state index contributed by atoms with van der Waals surface area (Å²) in [5.41, 5.74) is -0.00133. The molecule has 206 valence electrons. The first-order valence-electron chi connectivity index (χ1n) is 11.0. The molecule has 2 unspecified atom stereocenters. The molecular weight excluding hydrogens is 578 g/mol. The molecule has 1 aromatic carbocycles. The van der Waals surface area contributed by atoms with Crippen LogP contribution in [0.4, 0.5) is 0 Å². The Kier molecular flexibility index (Phi) is 8.31. The number of hydrogen-bond acceptors (Lipinski definition) is 12. The Morgan fingerprint density at radius 1 is 1.36 bits per heavy atom. The summed E-state index contributed by atoms with van der Waals surface area (Å²) in [6.45, 7) is 1.20. The summed E-state index contributed by atoms with van der Waals surface area (Å²) in [5, 5.41) is 45.6. The largest absolute Gasteiger partial charge is 0.506 e. The molecule has 4 rings (SSSR count). The van der Waals surface area contributed by atoms with Gasteiger partial charge in [-0.2, -0.15) is 0 Å². The quantitative estimate of drug-likeness (QED) is 0.126. The number of carbonyl (C=O) groups excluding carboxylic acids is 2. The third-order valence-corrected chi connectivity index (χ3v) is 8.32. The van der Waals surface area contributed by atoms with Crippen LogP contribution in [0.2, 0.25) is 5.02 Å². The number of aryl methyl sites for hydroxylation is 1. The fourth-order valence-corrected chi connectivity index (χ4v) is 6.07. The Balaban J connectivity index is 1.54. The van der Waals surface area contributed by atoms with Gasteiger partial charge in [0.1, 0.15) is 22.9 Å². The minimum Gasteiger partial charge on any atom is -0.506 e. The van der Waals surface area contributed by atoms with E-state index in [1.165, 1.54) is 53.3 Å². The first kappa shape index (κ1) is 28.2. The number of nitrogens with one attached hydrogen (secondary N) is 1. The van der Waals surface area contributed by atoms with E-state index in [1.807, 2.05) is 0 Å². The van der Waals surface area contributed by atoms with Crippen molar-refractivity contribution < 1.29 is 39.3 Å². The van der Waals surface area contributed by atoms with E-state index in [0.717, 1.165) is 4.90 Å². The maximum atomic E-state index is 13.2. The minimum absolute atomic E-state index is 0.0801. The van der Waals surface area contributed by atoms with Crippen LogP contribution in [-0.4, -0.2) is 98.9 Å². The van der Waals surface area contributed by atoms with Crippen molar-refractivity contribution in [1.82, 2.24) is 30.4 Å². The fourth-order valence-electron chi connectivity index (χ4n) is 3.56. The Hall–Kier alpha value is -3.83. The number of benzene rings is 1. The average molecular weight is 598 g/mol. The highest BCUT2D eigenvalue weighted by Crippen LogP contribution is 2.41. The van der Waals surface area contributed by atoms with Gasteiger partial charge in [-0.3, -0.25) is 14.5 Å². The van der Waals surface area contributed by atoms with Gasteiger partial charge < -0.3 is 25.5 Å². The Morgan fingerprint density at radius 2 is 2.10 bits per heavy atom. The normalized spacial score (nSPS) is 19.7. The van der Waals surface area contributed by atoms with Gasteiger partial charge in [0.15, 0.2) is 5.71 Å². The predicted molar refractivity (Wildman–Crippen MR) is 137 cm³/mol. The van der Waals surface area contributed by atoms with Crippen molar-refractivity contribution in [2.45, 2.75) is 29.6 Å². The summed E-state index contributed by atoms with van der Waals surface area (Å²) in [6, 6.07) is 2.63. The summed E-state index contributed by atoms with van der Waals surface area (Å²) in [7, 11) is 1.64. The van der Waals surface area contributed by atoms with Crippen molar-refractivity contribution in [1.29, 1.82) is 0 Å². The van der Waals surface area contributed by atoms with Crippen molar-refractivity contribution in [3.8, 4) is 5.75 Å². The van der Waals surface area contributed by atoms with Crippen LogP contribution in [0.3, 0.4) is 0 Å². The number of phenolic OH excluding ortho intramolecular Hbond substituents is 1. The van der Waals surface area contributed by atoms with Crippen LogP contribution in [0.1, 0.15) is 12.5 Å². The number of tetrazole rings is 1. The molecule has 2 aromatic rings. The number of carboxylic acid groups (broad SMARTS) is 2. The van der Waals surface area contributed by atoms with E-state index in [0.29, 0.717) is 10.7 Å². The molecule has 3 atom stereocenters. The van der Waals surface area contributed by atoms with E-state index < -0.39 is 47.0 Å². The molecule has 0 saturated carbocycles. The van der Waals surface area contributed by atoms with Gasteiger partial charge in [0, 0.05) is 24.1 Å². The molecular formula is C21H20ClN7O8S2. The highest BCUT2D eigenvalue weighted by Gasteiger charge is 2.54. The number of carboxylic acids is 2. The Bertz CT molecular complexity index is 1410. The van der Waals surface area contributed by atoms with Gasteiger partial charge in [-0.25, -0.2) is 14.3 Å². The second-order valence-corrected chi connectivity index (χ2v) is 10.6. The smallest absolute Gasteiger partial charge is 0.352 e. The van der Waals surface area contributed by atoms with Crippen molar-refractivity contribution >= 4 is 64.6 Å². The summed E-state index contributed by atoms with van der Waals surface area (Å²) >= 11 is 8.44. The van der Waals surface area contributed by atoms with Crippen LogP contribution in [0.25, 0.3) is 0 Å². The number of amides is 2. The lowest BCUT2D eigenvalue weighted by Crippen LogP contribution is -2.71. The SMILES string of the molecule is CC(ON=C(C(=O)NC1C(=O)N2C(C(=O)O)=C(CSc3nnnn3C)CS[C@@H]12)c1ccc(O)c(Cl)c1)C(=O)O. The first-order valence-corrected chi connectivity index (χ1v) is 13.4. The number of aromatic hydroxyl groups is 1. The summed E-state index contributed by atoms with van der Waals surface area (Å²) < 4.78 is 1.44. The number of fused-ring (bicyclic) bond motifs is 1. The number of aliphatic carboxylic acids is 2. The molecule has 3 heterocycles. The second-order valence-electron chi connectivity index (χ2n) is 8.18. The molecule has 2 amide bonds. The maximum absolute atomic E-state index is 13.2.